The lowest BCUT2D eigenvalue weighted by molar-refractivity contribution is -0.122. The number of carbonyl (C=O) groups is 1. The summed E-state index contributed by atoms with van der Waals surface area (Å²) >= 11 is 0. The van der Waals surface area contributed by atoms with Crippen molar-refractivity contribution in [2.45, 2.75) is 19.5 Å². The average Bonchev–Trinajstić information content (AvgIpc) is 3.41. The summed E-state index contributed by atoms with van der Waals surface area (Å²) in [4.78, 5) is 39.7. The van der Waals surface area contributed by atoms with Crippen molar-refractivity contribution >= 4 is 17.7 Å². The van der Waals surface area contributed by atoms with E-state index in [0.717, 1.165) is 11.3 Å². The summed E-state index contributed by atoms with van der Waals surface area (Å²) in [5, 5.41) is 5.99. The van der Waals surface area contributed by atoms with Gasteiger partial charge in [-0.2, -0.15) is 4.98 Å². The van der Waals surface area contributed by atoms with Gasteiger partial charge in [0.25, 0.3) is 0 Å². The van der Waals surface area contributed by atoms with Crippen LogP contribution in [-0.4, -0.2) is 63.7 Å². The van der Waals surface area contributed by atoms with Crippen molar-refractivity contribution in [1.29, 1.82) is 0 Å². The Morgan fingerprint density at radius 3 is 2.88 bits per heavy atom. The summed E-state index contributed by atoms with van der Waals surface area (Å²) in [6.07, 6.45) is 4.97. The van der Waals surface area contributed by atoms with Crippen LogP contribution in [0.25, 0.3) is 5.95 Å². The average molecular weight is 461 g/mol. The maximum atomic E-state index is 13.0. The van der Waals surface area contributed by atoms with Gasteiger partial charge in [0.1, 0.15) is 43.0 Å². The molecule has 2 aliphatic heterocycles. The van der Waals surface area contributed by atoms with Crippen LogP contribution in [0.5, 0.6) is 11.5 Å². The number of fused-ring (bicyclic) bond motifs is 1. The molecule has 34 heavy (non-hydrogen) atoms. The maximum absolute atomic E-state index is 13.0. The Hall–Kier alpha value is -4.21. The van der Waals surface area contributed by atoms with E-state index < -0.39 is 6.04 Å². The molecule has 0 aliphatic carbocycles. The molecule has 1 atom stereocenters. The predicted octanol–water partition coefficient (Wildman–Crippen LogP) is 0.552. The van der Waals surface area contributed by atoms with Gasteiger partial charge in [-0.25, -0.2) is 14.8 Å². The first-order valence-corrected chi connectivity index (χ1v) is 10.9. The molecule has 5 rings (SSSR count). The minimum atomic E-state index is -0.865. The first-order valence-electron chi connectivity index (χ1n) is 10.9. The number of hydrogen-bond acceptors (Lipinski definition) is 9. The van der Waals surface area contributed by atoms with Crippen LogP contribution in [0.4, 0.5) is 5.82 Å². The Balaban J connectivity index is 1.32. The number of imidazole rings is 1. The van der Waals surface area contributed by atoms with Gasteiger partial charge in [-0.15, -0.1) is 0 Å². The van der Waals surface area contributed by atoms with E-state index in [2.05, 4.69) is 25.6 Å². The minimum absolute atomic E-state index is 0.167. The number of aromatic nitrogens is 4. The van der Waals surface area contributed by atoms with E-state index in [-0.39, 0.29) is 18.1 Å². The van der Waals surface area contributed by atoms with Crippen LogP contribution in [0.15, 0.2) is 48.7 Å². The Morgan fingerprint density at radius 2 is 2.09 bits per heavy atom. The summed E-state index contributed by atoms with van der Waals surface area (Å²) < 4.78 is 12.8. The van der Waals surface area contributed by atoms with Gasteiger partial charge in [0.15, 0.2) is 11.5 Å². The highest BCUT2D eigenvalue weighted by molar-refractivity contribution is 5.89. The van der Waals surface area contributed by atoms with Crippen LogP contribution < -0.4 is 25.0 Å². The summed E-state index contributed by atoms with van der Waals surface area (Å²) in [5.41, 5.74) is 1.75. The molecule has 0 spiro atoms. The van der Waals surface area contributed by atoms with Gasteiger partial charge in [-0.3, -0.25) is 14.7 Å². The van der Waals surface area contributed by atoms with Crippen molar-refractivity contribution in [3.63, 3.8) is 0 Å². The van der Waals surface area contributed by atoms with E-state index in [4.69, 9.17) is 9.47 Å². The molecular formula is C23H23N7O4. The third-order valence-corrected chi connectivity index (χ3v) is 5.53. The number of aryl methyl sites for hydroxylation is 1. The molecule has 11 nitrogen and oxygen atoms in total. The van der Waals surface area contributed by atoms with E-state index in [9.17, 15) is 9.59 Å². The van der Waals surface area contributed by atoms with E-state index >= 15 is 0 Å². The standard InChI is InChI=1S/C23H23N7O4/c1-15-10-20(28-23(27-15)29-6-4-24-14-29)30-7-5-25-21(17(30)13-31)22(32)26-12-16-2-3-18-19(11-16)34-9-8-33-18/h2-4,6,10-11,14,21,25H,5,7-9,12H2,1H3,(H,26,32). The van der Waals surface area contributed by atoms with Gasteiger partial charge < -0.3 is 19.7 Å². The number of carbonyl (C=O) groups excluding carboxylic acids is 2. The lowest BCUT2D eigenvalue weighted by Gasteiger charge is -2.34. The van der Waals surface area contributed by atoms with Gasteiger partial charge in [0.05, 0.1) is 0 Å². The monoisotopic (exact) mass is 461 g/mol. The molecule has 174 valence electrons. The zero-order valence-electron chi connectivity index (χ0n) is 18.5. The minimum Gasteiger partial charge on any atom is -0.486 e. The topological polar surface area (TPSA) is 124 Å². The fourth-order valence-corrected chi connectivity index (χ4v) is 3.92. The second-order valence-electron chi connectivity index (χ2n) is 7.86. The van der Waals surface area contributed by atoms with E-state index in [1.165, 1.54) is 0 Å². The molecule has 2 N–H and O–H groups in total. The highest BCUT2D eigenvalue weighted by Crippen LogP contribution is 2.30. The molecule has 1 amide bonds. The quantitative estimate of drug-likeness (QED) is 0.524. The highest BCUT2D eigenvalue weighted by atomic mass is 16.6. The van der Waals surface area contributed by atoms with Crippen LogP contribution in [0.3, 0.4) is 0 Å². The fraction of sp³-hybridized carbons (Fsp3) is 0.304. The van der Waals surface area contributed by atoms with Crippen molar-refractivity contribution in [3.05, 3.63) is 59.9 Å². The second-order valence-corrected chi connectivity index (χ2v) is 7.86. The maximum Gasteiger partial charge on any atom is 0.244 e. The SMILES string of the molecule is Cc1cc(N2CCNC(C(=O)NCc3ccc4c(c3)OCCO4)C2=C=O)nc(-n2ccnc2)n1. The lowest BCUT2D eigenvalue weighted by atomic mass is 10.1. The van der Waals surface area contributed by atoms with E-state index in [1.54, 1.807) is 34.3 Å². The van der Waals surface area contributed by atoms with Gasteiger partial charge in [0, 0.05) is 43.8 Å². The Bertz CT molecular complexity index is 1250. The summed E-state index contributed by atoms with van der Waals surface area (Å²) in [6.45, 7) is 4.06. The van der Waals surface area contributed by atoms with Crippen LogP contribution >= 0.6 is 0 Å². The molecule has 0 bridgehead atoms. The zero-order chi connectivity index (χ0) is 23.5. The smallest absolute Gasteiger partial charge is 0.244 e. The normalized spacial score (nSPS) is 17.3. The molecule has 1 fully saturated rings. The third kappa shape index (κ3) is 4.34. The van der Waals surface area contributed by atoms with Gasteiger partial charge >= 0.3 is 0 Å². The molecule has 0 saturated carbocycles. The number of ether oxygens (including phenoxy) is 2. The Morgan fingerprint density at radius 1 is 1.24 bits per heavy atom. The van der Waals surface area contributed by atoms with Gasteiger partial charge in [-0.1, -0.05) is 6.07 Å². The molecule has 1 unspecified atom stereocenters. The van der Waals surface area contributed by atoms with E-state index in [1.807, 2.05) is 31.1 Å². The number of benzene rings is 1. The number of anilines is 1. The zero-order valence-corrected chi connectivity index (χ0v) is 18.5. The molecule has 4 heterocycles. The highest BCUT2D eigenvalue weighted by Gasteiger charge is 2.33. The van der Waals surface area contributed by atoms with Gasteiger partial charge in [0.2, 0.25) is 11.9 Å². The van der Waals surface area contributed by atoms with Crippen molar-refractivity contribution < 1.29 is 19.1 Å². The van der Waals surface area contributed by atoms with Gasteiger partial charge in [-0.05, 0) is 24.6 Å². The number of amides is 1. The summed E-state index contributed by atoms with van der Waals surface area (Å²) in [7, 11) is 0. The molecule has 1 aromatic carbocycles. The third-order valence-electron chi connectivity index (χ3n) is 5.53. The molecule has 2 aliphatic rings. The Kier molecular flexibility index (Phi) is 5.94. The molecule has 2 aromatic heterocycles. The van der Waals surface area contributed by atoms with Crippen molar-refractivity contribution in [3.8, 4) is 17.4 Å². The number of rotatable bonds is 5. The molecule has 3 aromatic rings. The number of nitrogens with one attached hydrogen (secondary N) is 2. The first-order chi connectivity index (χ1) is 16.6. The number of piperazine rings is 1. The van der Waals surface area contributed by atoms with Crippen LogP contribution in [0.2, 0.25) is 0 Å². The largest absolute Gasteiger partial charge is 0.486 e. The van der Waals surface area contributed by atoms with E-state index in [0.29, 0.717) is 49.6 Å². The summed E-state index contributed by atoms with van der Waals surface area (Å²) in [6, 6.07) is 6.44. The molecule has 0 radical (unpaired) electrons. The molecule has 1 saturated heterocycles. The second kappa shape index (κ2) is 9.34. The fourth-order valence-electron chi connectivity index (χ4n) is 3.92. The molecular weight excluding hydrogens is 438 g/mol. The summed E-state index contributed by atoms with van der Waals surface area (Å²) in [5.74, 6) is 3.90. The number of hydrogen-bond donors (Lipinski definition) is 2. The van der Waals surface area contributed by atoms with Crippen LogP contribution in [0.1, 0.15) is 11.3 Å². The van der Waals surface area contributed by atoms with Crippen molar-refractivity contribution in [2.24, 2.45) is 0 Å². The van der Waals surface area contributed by atoms with Crippen LogP contribution in [0, 0.1) is 6.92 Å². The van der Waals surface area contributed by atoms with Crippen LogP contribution in [-0.2, 0) is 16.1 Å². The lowest BCUT2D eigenvalue weighted by Crippen LogP contribution is -2.56. The first kappa shape index (κ1) is 21.6. The van der Waals surface area contributed by atoms with Crippen molar-refractivity contribution in [1.82, 2.24) is 30.2 Å². The molecule has 11 heteroatoms. The predicted molar refractivity (Wildman–Crippen MR) is 122 cm³/mol. The van der Waals surface area contributed by atoms with Crippen molar-refractivity contribution in [2.75, 3.05) is 31.2 Å². The Labute approximate surface area is 195 Å². The number of nitrogens with zero attached hydrogens (tertiary/aromatic N) is 5.